The molecule has 3 unspecified atom stereocenters. The molecule has 0 aromatic heterocycles. The summed E-state index contributed by atoms with van der Waals surface area (Å²) in [4.78, 5) is 44.5. The molecule has 4 aromatic rings. The lowest BCUT2D eigenvalue weighted by molar-refractivity contribution is -0.153. The van der Waals surface area contributed by atoms with Gasteiger partial charge in [0.2, 0.25) is 0 Å². The summed E-state index contributed by atoms with van der Waals surface area (Å²) in [7, 11) is -4.42. The zero-order chi connectivity index (χ0) is 30.7. The largest absolute Gasteiger partial charge is 0.448 e. The van der Waals surface area contributed by atoms with Crippen LogP contribution in [-0.2, 0) is 29.8 Å². The number of allylic oxidation sites excluding steroid dienone is 1. The highest BCUT2D eigenvalue weighted by atomic mass is 32.2. The van der Waals surface area contributed by atoms with Gasteiger partial charge in [0, 0.05) is 6.42 Å². The van der Waals surface area contributed by atoms with Gasteiger partial charge in [-0.1, -0.05) is 121 Å². The maximum atomic E-state index is 14.1. The number of amides is 1. The van der Waals surface area contributed by atoms with Gasteiger partial charge in [0.1, 0.15) is 11.1 Å². The van der Waals surface area contributed by atoms with Crippen LogP contribution in [0.25, 0.3) is 0 Å². The quantitative estimate of drug-likeness (QED) is 0.0758. The zero-order valence-electron chi connectivity index (χ0n) is 23.7. The fraction of sp³-hybridized carbons (Fsp3) is 0.147. The molecule has 0 bridgehead atoms. The SMILES string of the molecule is CC(OP(=O)(O)c1ccccc1)=C(C(=O)OC(c1ccccc1)c1ccccc1)N1C(=O)C2N=C(Cc3ccccc3)SC21. The van der Waals surface area contributed by atoms with Gasteiger partial charge in [-0.2, -0.15) is 0 Å². The van der Waals surface area contributed by atoms with Crippen LogP contribution in [0.5, 0.6) is 0 Å². The fourth-order valence-electron chi connectivity index (χ4n) is 5.16. The van der Waals surface area contributed by atoms with E-state index in [2.05, 4.69) is 4.99 Å². The molecule has 2 aliphatic rings. The summed E-state index contributed by atoms with van der Waals surface area (Å²) in [6, 6.07) is 35.5. The number of fused-ring (bicyclic) bond motifs is 1. The lowest BCUT2D eigenvalue weighted by atomic mass is 10.0. The minimum atomic E-state index is -4.42. The average molecular weight is 625 g/mol. The van der Waals surface area contributed by atoms with Gasteiger partial charge in [0.25, 0.3) is 5.91 Å². The molecule has 1 amide bonds. The summed E-state index contributed by atoms with van der Waals surface area (Å²) < 4.78 is 25.1. The number of β-lactam (4-membered cyclic amide) rings is 1. The second kappa shape index (κ2) is 12.7. The molecule has 0 saturated carbocycles. The molecule has 2 heterocycles. The Morgan fingerprint density at radius 3 is 1.98 bits per heavy atom. The van der Waals surface area contributed by atoms with Crippen LogP contribution in [0.2, 0.25) is 0 Å². The Labute approximate surface area is 259 Å². The molecule has 0 aliphatic carbocycles. The third kappa shape index (κ3) is 6.13. The second-order valence-corrected chi connectivity index (χ2v) is 13.2. The normalized spacial score (nSPS) is 19.3. The predicted octanol–water partition coefficient (Wildman–Crippen LogP) is 6.00. The molecular weight excluding hydrogens is 595 g/mol. The standard InChI is InChI=1S/C34H29N2O6PS/c1-23(42-43(39,40)27-20-12-5-13-21-27)30(34(38)41-31(25-16-8-3-9-17-25)26-18-10-4-11-19-26)36-32(37)29-33(36)44-28(35-29)22-24-14-6-2-7-15-24/h2-21,29,31,33H,22H2,1H3,(H,39,40). The molecule has 44 heavy (non-hydrogen) atoms. The van der Waals surface area contributed by atoms with Crippen molar-refractivity contribution in [3.8, 4) is 0 Å². The number of benzene rings is 4. The van der Waals surface area contributed by atoms with Crippen LogP contribution in [-0.4, -0.2) is 38.1 Å². The molecule has 222 valence electrons. The summed E-state index contributed by atoms with van der Waals surface area (Å²) in [5, 5.41) is 0.288. The van der Waals surface area contributed by atoms with Crippen molar-refractivity contribution in [3.63, 3.8) is 0 Å². The average Bonchev–Trinajstić information content (AvgIpc) is 3.42. The van der Waals surface area contributed by atoms with Gasteiger partial charge in [-0.3, -0.25) is 14.7 Å². The van der Waals surface area contributed by atoms with Crippen LogP contribution < -0.4 is 5.30 Å². The molecule has 1 saturated heterocycles. The van der Waals surface area contributed by atoms with E-state index >= 15 is 0 Å². The Hall–Kier alpha value is -4.43. The summed E-state index contributed by atoms with van der Waals surface area (Å²) in [5.74, 6) is -1.48. The summed E-state index contributed by atoms with van der Waals surface area (Å²) in [6.07, 6.45) is -0.265. The van der Waals surface area contributed by atoms with Gasteiger partial charge >= 0.3 is 13.6 Å². The molecule has 6 rings (SSSR count). The van der Waals surface area contributed by atoms with E-state index in [1.54, 1.807) is 18.2 Å². The van der Waals surface area contributed by atoms with E-state index in [9.17, 15) is 19.0 Å². The first-order chi connectivity index (χ1) is 21.3. The number of hydrogen-bond donors (Lipinski definition) is 1. The Bertz CT molecular complexity index is 1730. The van der Waals surface area contributed by atoms with Crippen molar-refractivity contribution in [3.05, 3.63) is 149 Å². The third-order valence-electron chi connectivity index (χ3n) is 7.29. The van der Waals surface area contributed by atoms with E-state index in [4.69, 9.17) is 9.26 Å². The number of esters is 1. The number of thioether (sulfide) groups is 1. The van der Waals surface area contributed by atoms with E-state index in [1.165, 1.54) is 35.7 Å². The third-order valence-corrected chi connectivity index (χ3v) is 10.00. The highest BCUT2D eigenvalue weighted by Crippen LogP contribution is 2.47. The summed E-state index contributed by atoms with van der Waals surface area (Å²) in [5.41, 5.74) is 2.26. The highest BCUT2D eigenvalue weighted by Gasteiger charge is 2.56. The number of nitrogens with zero attached hydrogens (tertiary/aromatic N) is 2. The maximum absolute atomic E-state index is 14.1. The van der Waals surface area contributed by atoms with Gasteiger partial charge in [-0.25, -0.2) is 9.36 Å². The highest BCUT2D eigenvalue weighted by molar-refractivity contribution is 8.14. The number of ether oxygens (including phenoxy) is 1. The van der Waals surface area contributed by atoms with Crippen molar-refractivity contribution < 1.29 is 28.3 Å². The minimum absolute atomic E-state index is 0.0510. The Morgan fingerprint density at radius 2 is 1.41 bits per heavy atom. The van der Waals surface area contributed by atoms with Crippen LogP contribution in [0, 0.1) is 0 Å². The summed E-state index contributed by atoms with van der Waals surface area (Å²) in [6.45, 7) is 1.40. The van der Waals surface area contributed by atoms with Gasteiger partial charge in [0.15, 0.2) is 17.8 Å². The lowest BCUT2D eigenvalue weighted by Gasteiger charge is -2.42. The molecule has 10 heteroatoms. The Morgan fingerprint density at radius 1 is 0.886 bits per heavy atom. The van der Waals surface area contributed by atoms with E-state index in [0.29, 0.717) is 6.42 Å². The molecule has 1 fully saturated rings. The number of aliphatic imine (C=N–C) groups is 1. The molecule has 0 spiro atoms. The first kappa shape index (κ1) is 29.6. The monoisotopic (exact) mass is 624 g/mol. The van der Waals surface area contributed by atoms with Crippen LogP contribution in [0.4, 0.5) is 0 Å². The van der Waals surface area contributed by atoms with Crippen molar-refractivity contribution in [1.29, 1.82) is 0 Å². The Kier molecular flexibility index (Phi) is 8.53. The van der Waals surface area contributed by atoms with Crippen molar-refractivity contribution in [2.24, 2.45) is 4.99 Å². The number of rotatable bonds is 10. The summed E-state index contributed by atoms with van der Waals surface area (Å²) >= 11 is 1.38. The van der Waals surface area contributed by atoms with Crippen molar-refractivity contribution in [1.82, 2.24) is 4.90 Å². The molecule has 8 nitrogen and oxygen atoms in total. The van der Waals surface area contributed by atoms with Crippen LogP contribution in [0.1, 0.15) is 29.7 Å². The van der Waals surface area contributed by atoms with Crippen molar-refractivity contribution in [2.75, 3.05) is 0 Å². The van der Waals surface area contributed by atoms with Crippen LogP contribution in [0.3, 0.4) is 0 Å². The number of likely N-dealkylation sites (tertiary alicyclic amines) is 1. The van der Waals surface area contributed by atoms with E-state index in [1.807, 2.05) is 91.0 Å². The molecule has 2 aliphatic heterocycles. The number of carbonyl (C=O) groups excluding carboxylic acids is 2. The fourth-order valence-corrected chi connectivity index (χ4v) is 7.60. The van der Waals surface area contributed by atoms with E-state index in [-0.39, 0.29) is 16.8 Å². The van der Waals surface area contributed by atoms with Crippen LogP contribution in [0.15, 0.2) is 138 Å². The predicted molar refractivity (Wildman–Crippen MR) is 170 cm³/mol. The van der Waals surface area contributed by atoms with Crippen molar-refractivity contribution >= 4 is 41.6 Å². The topological polar surface area (TPSA) is 105 Å². The number of hydrogen-bond acceptors (Lipinski definition) is 7. The molecule has 3 atom stereocenters. The van der Waals surface area contributed by atoms with Crippen LogP contribution >= 0.6 is 19.4 Å². The van der Waals surface area contributed by atoms with Gasteiger partial charge in [0.05, 0.1) is 10.3 Å². The number of carbonyl (C=O) groups is 2. The maximum Gasteiger partial charge on any atom is 0.407 e. The lowest BCUT2D eigenvalue weighted by Crippen LogP contribution is -2.61. The van der Waals surface area contributed by atoms with Crippen molar-refractivity contribution in [2.45, 2.75) is 30.9 Å². The molecule has 4 aromatic carbocycles. The van der Waals surface area contributed by atoms with E-state index < -0.39 is 37.0 Å². The first-order valence-electron chi connectivity index (χ1n) is 14.0. The van der Waals surface area contributed by atoms with Gasteiger partial charge < -0.3 is 14.2 Å². The smallest absolute Gasteiger partial charge is 0.407 e. The second-order valence-electron chi connectivity index (χ2n) is 10.3. The molecule has 0 radical (unpaired) electrons. The molecular formula is C34H29N2O6PS. The van der Waals surface area contributed by atoms with Gasteiger partial charge in [-0.05, 0) is 35.7 Å². The zero-order valence-corrected chi connectivity index (χ0v) is 25.4. The minimum Gasteiger partial charge on any atom is -0.448 e. The first-order valence-corrected chi connectivity index (χ1v) is 16.5. The Balaban J connectivity index is 1.34. The van der Waals surface area contributed by atoms with Gasteiger partial charge in [-0.15, -0.1) is 0 Å². The molecule has 1 N–H and O–H groups in total. The van der Waals surface area contributed by atoms with E-state index in [0.717, 1.165) is 21.7 Å².